The summed E-state index contributed by atoms with van der Waals surface area (Å²) in [5.41, 5.74) is 0. The number of amides is 2. The molecule has 1 N–H and O–H groups in total. The first-order chi connectivity index (χ1) is 6.49. The molecular formula is C11H22N2O. The fourth-order valence-electron chi connectivity index (χ4n) is 2.17. The highest BCUT2D eigenvalue weighted by Gasteiger charge is 2.25. The molecule has 0 aromatic rings. The predicted octanol–water partition coefficient (Wildman–Crippen LogP) is 2.08. The maximum Gasteiger partial charge on any atom is 0.317 e. The minimum Gasteiger partial charge on any atom is -0.336 e. The van der Waals surface area contributed by atoms with Gasteiger partial charge in [-0.1, -0.05) is 13.8 Å². The van der Waals surface area contributed by atoms with E-state index in [9.17, 15) is 4.79 Å². The summed E-state index contributed by atoms with van der Waals surface area (Å²) in [5.74, 6) is 1.27. The number of urea groups is 1. The lowest BCUT2D eigenvalue weighted by atomic mass is 9.92. The van der Waals surface area contributed by atoms with Crippen molar-refractivity contribution in [2.75, 3.05) is 13.1 Å². The van der Waals surface area contributed by atoms with Crippen molar-refractivity contribution in [2.24, 2.45) is 11.8 Å². The van der Waals surface area contributed by atoms with Gasteiger partial charge >= 0.3 is 6.03 Å². The molecule has 1 heterocycles. The Bertz CT molecular complexity index is 193. The molecule has 0 spiro atoms. The van der Waals surface area contributed by atoms with Crippen LogP contribution in [0.1, 0.15) is 34.1 Å². The molecule has 2 atom stereocenters. The average Bonchev–Trinajstić information content (AvgIpc) is 2.00. The number of likely N-dealkylation sites (tertiary alicyclic amines) is 1. The second-order valence-electron chi connectivity index (χ2n) is 4.96. The van der Waals surface area contributed by atoms with E-state index in [1.165, 1.54) is 6.42 Å². The van der Waals surface area contributed by atoms with Crippen molar-refractivity contribution in [1.82, 2.24) is 10.2 Å². The highest BCUT2D eigenvalue weighted by atomic mass is 16.2. The Morgan fingerprint density at radius 2 is 1.79 bits per heavy atom. The minimum atomic E-state index is 0.0957. The molecule has 1 aliphatic rings. The van der Waals surface area contributed by atoms with Gasteiger partial charge in [-0.3, -0.25) is 0 Å². The second-order valence-corrected chi connectivity index (χ2v) is 4.96. The summed E-state index contributed by atoms with van der Waals surface area (Å²) in [5, 5.41) is 2.94. The van der Waals surface area contributed by atoms with E-state index in [0.29, 0.717) is 11.8 Å². The summed E-state index contributed by atoms with van der Waals surface area (Å²) in [6.07, 6.45) is 1.24. The second kappa shape index (κ2) is 4.67. The van der Waals surface area contributed by atoms with Gasteiger partial charge in [0.25, 0.3) is 0 Å². The molecule has 3 nitrogen and oxygen atoms in total. The molecule has 1 saturated heterocycles. The lowest BCUT2D eigenvalue weighted by Crippen LogP contribution is -2.49. The van der Waals surface area contributed by atoms with Crippen LogP contribution in [0.15, 0.2) is 0 Å². The third-order valence-corrected chi connectivity index (χ3v) is 2.57. The minimum absolute atomic E-state index is 0.0957. The molecule has 1 rings (SSSR count). The van der Waals surface area contributed by atoms with Crippen molar-refractivity contribution in [3.8, 4) is 0 Å². The van der Waals surface area contributed by atoms with E-state index >= 15 is 0 Å². The summed E-state index contributed by atoms with van der Waals surface area (Å²) in [6.45, 7) is 10.2. The van der Waals surface area contributed by atoms with Crippen LogP contribution in [0.2, 0.25) is 0 Å². The molecule has 2 amide bonds. The number of nitrogens with one attached hydrogen (secondary N) is 1. The monoisotopic (exact) mass is 198 g/mol. The molecule has 0 radical (unpaired) electrons. The maximum absolute atomic E-state index is 11.7. The summed E-state index contributed by atoms with van der Waals surface area (Å²) >= 11 is 0. The van der Waals surface area contributed by atoms with Crippen molar-refractivity contribution in [3.05, 3.63) is 0 Å². The molecular weight excluding hydrogens is 176 g/mol. The Morgan fingerprint density at radius 3 is 2.21 bits per heavy atom. The fourth-order valence-corrected chi connectivity index (χ4v) is 2.17. The van der Waals surface area contributed by atoms with Gasteiger partial charge in [-0.2, -0.15) is 0 Å². The molecule has 1 fully saturated rings. The van der Waals surface area contributed by atoms with Gasteiger partial charge in [0.2, 0.25) is 0 Å². The lowest BCUT2D eigenvalue weighted by Gasteiger charge is -2.35. The van der Waals surface area contributed by atoms with Crippen LogP contribution in [0.5, 0.6) is 0 Å². The van der Waals surface area contributed by atoms with Gasteiger partial charge in [-0.25, -0.2) is 4.79 Å². The van der Waals surface area contributed by atoms with Crippen molar-refractivity contribution < 1.29 is 4.79 Å². The predicted molar refractivity (Wildman–Crippen MR) is 58.2 cm³/mol. The Morgan fingerprint density at radius 1 is 1.29 bits per heavy atom. The molecule has 3 heteroatoms. The van der Waals surface area contributed by atoms with Crippen LogP contribution < -0.4 is 5.32 Å². The van der Waals surface area contributed by atoms with Crippen molar-refractivity contribution >= 4 is 6.03 Å². The van der Waals surface area contributed by atoms with Crippen LogP contribution in [-0.2, 0) is 0 Å². The molecule has 0 bridgehead atoms. The number of carbonyl (C=O) groups is 1. The SMILES string of the molecule is CC(C)NC(=O)N1C[C@H](C)C[C@H](C)C1. The first-order valence-corrected chi connectivity index (χ1v) is 5.54. The van der Waals surface area contributed by atoms with Crippen molar-refractivity contribution in [3.63, 3.8) is 0 Å². The van der Waals surface area contributed by atoms with E-state index in [2.05, 4.69) is 19.2 Å². The number of hydrogen-bond acceptors (Lipinski definition) is 1. The fraction of sp³-hybridized carbons (Fsp3) is 0.909. The van der Waals surface area contributed by atoms with Crippen LogP contribution in [0, 0.1) is 11.8 Å². The van der Waals surface area contributed by atoms with Crippen molar-refractivity contribution in [2.45, 2.75) is 40.2 Å². The zero-order chi connectivity index (χ0) is 10.7. The van der Waals surface area contributed by atoms with Crippen molar-refractivity contribution in [1.29, 1.82) is 0 Å². The highest BCUT2D eigenvalue weighted by molar-refractivity contribution is 5.74. The van der Waals surface area contributed by atoms with E-state index in [1.807, 2.05) is 18.7 Å². The quantitative estimate of drug-likeness (QED) is 0.687. The van der Waals surface area contributed by atoms with Crippen LogP contribution in [0.3, 0.4) is 0 Å². The lowest BCUT2D eigenvalue weighted by molar-refractivity contribution is 0.144. The van der Waals surface area contributed by atoms with E-state index in [0.717, 1.165) is 13.1 Å². The molecule has 0 aliphatic carbocycles. The Kier molecular flexibility index (Phi) is 3.78. The Balaban J connectivity index is 2.46. The van der Waals surface area contributed by atoms with E-state index in [-0.39, 0.29) is 12.1 Å². The van der Waals surface area contributed by atoms with Crippen LogP contribution >= 0.6 is 0 Å². The summed E-state index contributed by atoms with van der Waals surface area (Å²) in [6, 6.07) is 0.327. The first-order valence-electron chi connectivity index (χ1n) is 5.54. The molecule has 1 aliphatic heterocycles. The number of piperidine rings is 1. The molecule has 0 unspecified atom stereocenters. The van der Waals surface area contributed by atoms with Gasteiger partial charge < -0.3 is 10.2 Å². The maximum atomic E-state index is 11.7. The summed E-state index contributed by atoms with van der Waals surface area (Å²) < 4.78 is 0. The van der Waals surface area contributed by atoms with E-state index in [4.69, 9.17) is 0 Å². The number of rotatable bonds is 1. The largest absolute Gasteiger partial charge is 0.336 e. The zero-order valence-electron chi connectivity index (χ0n) is 9.71. The van der Waals surface area contributed by atoms with E-state index in [1.54, 1.807) is 0 Å². The summed E-state index contributed by atoms with van der Waals surface area (Å²) in [7, 11) is 0. The van der Waals surface area contributed by atoms with Gasteiger partial charge in [0.05, 0.1) is 0 Å². The molecule has 82 valence electrons. The molecule has 0 aromatic carbocycles. The van der Waals surface area contributed by atoms with Gasteiger partial charge in [0, 0.05) is 19.1 Å². The molecule has 0 aromatic heterocycles. The topological polar surface area (TPSA) is 32.3 Å². The Labute approximate surface area is 86.9 Å². The third-order valence-electron chi connectivity index (χ3n) is 2.57. The zero-order valence-corrected chi connectivity index (χ0v) is 9.71. The van der Waals surface area contributed by atoms with Crippen LogP contribution in [0.4, 0.5) is 4.79 Å². The smallest absolute Gasteiger partial charge is 0.317 e. The molecule has 0 saturated carbocycles. The van der Waals surface area contributed by atoms with E-state index < -0.39 is 0 Å². The van der Waals surface area contributed by atoms with Gasteiger partial charge in [-0.15, -0.1) is 0 Å². The van der Waals surface area contributed by atoms with Crippen LogP contribution in [0.25, 0.3) is 0 Å². The van der Waals surface area contributed by atoms with Crippen LogP contribution in [-0.4, -0.2) is 30.1 Å². The first kappa shape index (κ1) is 11.3. The van der Waals surface area contributed by atoms with Gasteiger partial charge in [-0.05, 0) is 32.1 Å². The Hall–Kier alpha value is -0.730. The highest BCUT2D eigenvalue weighted by Crippen LogP contribution is 2.20. The standard InChI is InChI=1S/C11H22N2O/c1-8(2)12-11(14)13-6-9(3)5-10(4)7-13/h8-10H,5-7H2,1-4H3,(H,12,14)/t9-,10+. The normalized spacial score (nSPS) is 27.9. The molecule has 14 heavy (non-hydrogen) atoms. The number of hydrogen-bond donors (Lipinski definition) is 1. The number of nitrogens with zero attached hydrogens (tertiary/aromatic N) is 1. The third kappa shape index (κ3) is 3.20. The van der Waals surface area contributed by atoms with Gasteiger partial charge in [0.1, 0.15) is 0 Å². The van der Waals surface area contributed by atoms with Gasteiger partial charge in [0.15, 0.2) is 0 Å². The average molecular weight is 198 g/mol. The number of carbonyl (C=O) groups excluding carboxylic acids is 1. The summed E-state index contributed by atoms with van der Waals surface area (Å²) in [4.78, 5) is 13.7.